The summed E-state index contributed by atoms with van der Waals surface area (Å²) in [6.07, 6.45) is 4.67. The molecule has 0 amide bonds. The van der Waals surface area contributed by atoms with Crippen LogP contribution in [-0.4, -0.2) is 0 Å². The van der Waals surface area contributed by atoms with E-state index in [0.29, 0.717) is 0 Å². The van der Waals surface area contributed by atoms with Crippen LogP contribution in [0.1, 0.15) is 84.2 Å². The fourth-order valence-electron chi connectivity index (χ4n) is 2.49. The molecular formula is C25H40. The second-order valence-corrected chi connectivity index (χ2v) is 5.60. The molecule has 0 spiro atoms. The molecule has 0 aliphatic rings. The van der Waals surface area contributed by atoms with Crippen LogP contribution >= 0.6 is 0 Å². The lowest BCUT2D eigenvalue weighted by Gasteiger charge is -2.03. The molecule has 0 aliphatic heterocycles. The van der Waals surface area contributed by atoms with Crippen LogP contribution in [0.3, 0.4) is 0 Å². The van der Waals surface area contributed by atoms with Gasteiger partial charge in [0.15, 0.2) is 0 Å². The van der Waals surface area contributed by atoms with Gasteiger partial charge in [-0.25, -0.2) is 0 Å². The zero-order chi connectivity index (χ0) is 15.1. The lowest BCUT2D eigenvalue weighted by Crippen LogP contribution is -1.88. The Bertz CT molecular complexity index is 636. The molecule has 25 heavy (non-hydrogen) atoms. The molecule has 2 rings (SSSR count). The van der Waals surface area contributed by atoms with Gasteiger partial charge in [0.05, 0.1) is 0 Å². The molecule has 2 aromatic rings. The Balaban J connectivity index is -0.00000121. The zero-order valence-electron chi connectivity index (χ0n) is 13.4. The summed E-state index contributed by atoms with van der Waals surface area (Å²) in [5, 5.41) is 0. The van der Waals surface area contributed by atoms with Gasteiger partial charge in [-0.2, -0.15) is 0 Å². The third-order valence-corrected chi connectivity index (χ3v) is 3.66. The van der Waals surface area contributed by atoms with E-state index in [0.717, 1.165) is 24.0 Å². The third-order valence-electron chi connectivity index (χ3n) is 3.66. The first-order valence-electron chi connectivity index (χ1n) is 7.93. The predicted octanol–water partition coefficient (Wildman–Crippen LogP) is 7.84. The molecule has 0 heterocycles. The minimum absolute atomic E-state index is 0. The molecular weight excluding hydrogens is 300 g/mol. The second kappa shape index (κ2) is 14.4. The molecule has 0 N–H and O–H groups in total. The lowest BCUT2D eigenvalue weighted by atomic mass is 10.0. The van der Waals surface area contributed by atoms with Gasteiger partial charge >= 0.3 is 0 Å². The highest BCUT2D eigenvalue weighted by atomic mass is 14.0. The summed E-state index contributed by atoms with van der Waals surface area (Å²) >= 11 is 0. The summed E-state index contributed by atoms with van der Waals surface area (Å²) in [6, 6.07) is 15.2. The van der Waals surface area contributed by atoms with Gasteiger partial charge in [-0.1, -0.05) is 92.5 Å². The van der Waals surface area contributed by atoms with Gasteiger partial charge < -0.3 is 0 Å². The van der Waals surface area contributed by atoms with Gasteiger partial charge in [-0.3, -0.25) is 0 Å². The molecule has 2 aromatic carbocycles. The van der Waals surface area contributed by atoms with E-state index in [4.69, 9.17) is 0 Å². The molecule has 0 bridgehead atoms. The van der Waals surface area contributed by atoms with Crippen LogP contribution in [0.25, 0.3) is 0 Å². The van der Waals surface area contributed by atoms with E-state index in [1.807, 2.05) is 0 Å². The van der Waals surface area contributed by atoms with Crippen LogP contribution in [0.5, 0.6) is 0 Å². The highest BCUT2D eigenvalue weighted by molar-refractivity contribution is 5.47. The van der Waals surface area contributed by atoms with Crippen molar-refractivity contribution in [1.82, 2.24) is 0 Å². The van der Waals surface area contributed by atoms with Crippen LogP contribution < -0.4 is 0 Å². The van der Waals surface area contributed by atoms with Crippen molar-refractivity contribution in [2.24, 2.45) is 0 Å². The van der Waals surface area contributed by atoms with Crippen LogP contribution in [0.15, 0.2) is 42.5 Å². The van der Waals surface area contributed by atoms with E-state index in [9.17, 15) is 0 Å². The minimum Gasteiger partial charge on any atom is -0.0776 e. The molecule has 140 valence electrons. The fraction of sp³-hybridized carbons (Fsp3) is 0.440. The normalized spacial score (nSPS) is 8.44. The Kier molecular flexibility index (Phi) is 16.0. The van der Waals surface area contributed by atoms with Crippen LogP contribution in [0, 0.1) is 18.8 Å². The Morgan fingerprint density at radius 2 is 1.20 bits per heavy atom. The summed E-state index contributed by atoms with van der Waals surface area (Å²) in [5.74, 6) is 6.57. The maximum Gasteiger partial charge on any atom is 0.0278 e. The number of aryl methyl sites for hydroxylation is 3. The van der Waals surface area contributed by atoms with Crippen LogP contribution in [0.2, 0.25) is 0 Å². The maximum absolute atomic E-state index is 3.30. The van der Waals surface area contributed by atoms with Gasteiger partial charge in [0.25, 0.3) is 0 Å². The number of benzene rings is 2. The molecule has 0 heteroatoms. The Morgan fingerprint density at radius 3 is 1.72 bits per heavy atom. The Labute approximate surface area is 158 Å². The first-order valence-corrected chi connectivity index (χ1v) is 7.93. The van der Waals surface area contributed by atoms with Gasteiger partial charge in [-0.05, 0) is 54.7 Å². The summed E-state index contributed by atoms with van der Waals surface area (Å²) in [4.78, 5) is 0. The van der Waals surface area contributed by atoms with E-state index in [-0.39, 0.29) is 29.7 Å². The standard InChI is InChI=1S/C21H24.4CH4/c1-4-6-18-8-10-19(11-9-18)12-14-21-15-13-20(7-5-2)16-17(21)3;;;;/h8-11,13,15-16H,4-7H2,1-3H3;4*1H4. The quantitative estimate of drug-likeness (QED) is 0.497. The smallest absolute Gasteiger partial charge is 0.0278 e. The van der Waals surface area contributed by atoms with Gasteiger partial charge in [-0.15, -0.1) is 0 Å². The summed E-state index contributed by atoms with van der Waals surface area (Å²) in [7, 11) is 0. The monoisotopic (exact) mass is 340 g/mol. The molecule has 0 saturated heterocycles. The summed E-state index contributed by atoms with van der Waals surface area (Å²) in [6.45, 7) is 6.57. The van der Waals surface area contributed by atoms with Crippen molar-refractivity contribution in [3.63, 3.8) is 0 Å². The van der Waals surface area contributed by atoms with Crippen LogP contribution in [-0.2, 0) is 12.8 Å². The molecule has 0 atom stereocenters. The SMILES string of the molecule is C.C.C.C.CCCc1ccc(C#Cc2ccc(CCC)cc2C)cc1. The van der Waals surface area contributed by atoms with Crippen molar-refractivity contribution in [2.75, 3.05) is 0 Å². The van der Waals surface area contributed by atoms with Crippen molar-refractivity contribution in [2.45, 2.75) is 76.2 Å². The zero-order valence-corrected chi connectivity index (χ0v) is 13.4. The van der Waals surface area contributed by atoms with E-state index < -0.39 is 0 Å². The molecule has 0 aliphatic carbocycles. The van der Waals surface area contributed by atoms with E-state index in [2.05, 4.69) is 75.1 Å². The summed E-state index contributed by atoms with van der Waals surface area (Å²) < 4.78 is 0. The molecule has 0 radical (unpaired) electrons. The van der Waals surface area contributed by atoms with Crippen LogP contribution in [0.4, 0.5) is 0 Å². The van der Waals surface area contributed by atoms with Gasteiger partial charge in [0.2, 0.25) is 0 Å². The highest BCUT2D eigenvalue weighted by Gasteiger charge is 1.97. The average molecular weight is 341 g/mol. The first-order chi connectivity index (χ1) is 10.2. The van der Waals surface area contributed by atoms with Crippen molar-refractivity contribution >= 4 is 0 Å². The first kappa shape index (κ1) is 27.8. The largest absolute Gasteiger partial charge is 0.0776 e. The Morgan fingerprint density at radius 1 is 0.680 bits per heavy atom. The molecule has 0 nitrogen and oxygen atoms in total. The topological polar surface area (TPSA) is 0 Å². The minimum atomic E-state index is 0. The van der Waals surface area contributed by atoms with Gasteiger partial charge in [0, 0.05) is 11.1 Å². The maximum atomic E-state index is 3.30. The second-order valence-electron chi connectivity index (χ2n) is 5.60. The molecule has 0 unspecified atom stereocenters. The van der Waals surface area contributed by atoms with Gasteiger partial charge in [0.1, 0.15) is 0 Å². The summed E-state index contributed by atoms with van der Waals surface area (Å²) in [5.41, 5.74) is 6.29. The number of rotatable bonds is 4. The van der Waals surface area contributed by atoms with E-state index in [1.54, 1.807) is 0 Å². The van der Waals surface area contributed by atoms with E-state index >= 15 is 0 Å². The lowest BCUT2D eigenvalue weighted by molar-refractivity contribution is 0.920. The van der Waals surface area contributed by atoms with E-state index in [1.165, 1.54) is 29.5 Å². The van der Waals surface area contributed by atoms with Crippen molar-refractivity contribution in [3.8, 4) is 11.8 Å². The average Bonchev–Trinajstić information content (AvgIpc) is 2.49. The number of hydrogen-bond acceptors (Lipinski definition) is 0. The third kappa shape index (κ3) is 8.59. The predicted molar refractivity (Wildman–Crippen MR) is 119 cm³/mol. The highest BCUT2D eigenvalue weighted by Crippen LogP contribution is 2.12. The van der Waals surface area contributed by atoms with Crippen molar-refractivity contribution < 1.29 is 0 Å². The number of hydrogen-bond donors (Lipinski definition) is 0. The van der Waals surface area contributed by atoms with Crippen molar-refractivity contribution in [1.29, 1.82) is 0 Å². The molecule has 0 fully saturated rings. The molecule has 0 aromatic heterocycles. The molecule has 0 saturated carbocycles. The Hall–Kier alpha value is -2.00. The van der Waals surface area contributed by atoms with Crippen molar-refractivity contribution in [3.05, 3.63) is 70.3 Å². The fourth-order valence-corrected chi connectivity index (χ4v) is 2.49.